The summed E-state index contributed by atoms with van der Waals surface area (Å²) in [6.07, 6.45) is 0. The summed E-state index contributed by atoms with van der Waals surface area (Å²) in [7, 11) is 3.34. The summed E-state index contributed by atoms with van der Waals surface area (Å²) in [5.41, 5.74) is 5.73. The van der Waals surface area contributed by atoms with E-state index in [-0.39, 0.29) is 0 Å². The third-order valence-corrected chi connectivity index (χ3v) is 6.00. The van der Waals surface area contributed by atoms with Gasteiger partial charge in [0, 0.05) is 33.2 Å². The Bertz CT molecular complexity index is 1660. The van der Waals surface area contributed by atoms with Crippen LogP contribution in [-0.2, 0) is 0 Å². The second-order valence-electron chi connectivity index (χ2n) is 7.79. The lowest BCUT2D eigenvalue weighted by Crippen LogP contribution is -1.97. The first kappa shape index (κ1) is 18.6. The van der Waals surface area contributed by atoms with Crippen LogP contribution in [0.25, 0.3) is 54.7 Å². The summed E-state index contributed by atoms with van der Waals surface area (Å²) in [5.74, 6) is 1.35. The highest BCUT2D eigenvalue weighted by molar-refractivity contribution is 6.11. The minimum Gasteiger partial charge on any atom is -0.493 e. The Morgan fingerprint density at radius 2 is 1.19 bits per heavy atom. The molecule has 32 heavy (non-hydrogen) atoms. The fourth-order valence-corrected chi connectivity index (χ4v) is 4.51. The van der Waals surface area contributed by atoms with Crippen molar-refractivity contribution in [2.45, 2.75) is 0 Å². The van der Waals surface area contributed by atoms with Crippen LogP contribution in [0, 0.1) is 0 Å². The van der Waals surface area contributed by atoms with Crippen molar-refractivity contribution in [2.75, 3.05) is 14.2 Å². The minimum atomic E-state index is 0.656. The number of benzene rings is 4. The molecule has 4 nitrogen and oxygen atoms in total. The molecule has 0 amide bonds. The number of ether oxygens (including phenoxy) is 2. The predicted molar refractivity (Wildman–Crippen MR) is 131 cm³/mol. The van der Waals surface area contributed by atoms with Crippen molar-refractivity contribution in [3.63, 3.8) is 0 Å². The zero-order valence-corrected chi connectivity index (χ0v) is 17.8. The van der Waals surface area contributed by atoms with Gasteiger partial charge in [0.15, 0.2) is 11.5 Å². The number of hydrogen-bond donors (Lipinski definition) is 0. The molecule has 0 bridgehead atoms. The first-order chi connectivity index (χ1) is 15.8. The summed E-state index contributed by atoms with van der Waals surface area (Å²) in [4.78, 5) is 9.83. The third-order valence-electron chi connectivity index (χ3n) is 6.00. The standard InChI is InChI=1S/C28H20N2O2/c1-31-26-16-25-21(15-18-9-4-6-12-23(18)30-25)27(28(26)32-2)19-10-7-13-24-20(19)14-17-8-3-5-11-22(17)29-24/h3-16H,1-2H3. The van der Waals surface area contributed by atoms with Crippen LogP contribution in [0.15, 0.2) is 84.9 Å². The number of rotatable bonds is 3. The topological polar surface area (TPSA) is 44.2 Å². The van der Waals surface area contributed by atoms with E-state index in [4.69, 9.17) is 19.4 Å². The SMILES string of the molecule is COc1cc2nc3ccccc3cc2c(-c2cccc3nc4ccccc4cc23)c1OC. The van der Waals surface area contributed by atoms with E-state index in [1.54, 1.807) is 14.2 Å². The van der Waals surface area contributed by atoms with Gasteiger partial charge in [-0.15, -0.1) is 0 Å². The Balaban J connectivity index is 1.79. The van der Waals surface area contributed by atoms with E-state index in [2.05, 4.69) is 30.3 Å². The van der Waals surface area contributed by atoms with Crippen LogP contribution in [0.5, 0.6) is 11.5 Å². The number of hydrogen-bond acceptors (Lipinski definition) is 4. The Morgan fingerprint density at radius 1 is 0.562 bits per heavy atom. The molecule has 6 rings (SSSR count). The van der Waals surface area contributed by atoms with Gasteiger partial charge in [0.25, 0.3) is 0 Å². The van der Waals surface area contributed by atoms with Crippen LogP contribution in [-0.4, -0.2) is 24.2 Å². The van der Waals surface area contributed by atoms with Gasteiger partial charge in [-0.2, -0.15) is 0 Å². The number of fused-ring (bicyclic) bond motifs is 4. The van der Waals surface area contributed by atoms with E-state index >= 15 is 0 Å². The lowest BCUT2D eigenvalue weighted by molar-refractivity contribution is 0.357. The molecule has 0 aliphatic carbocycles. The molecule has 0 aliphatic rings. The molecule has 0 fully saturated rings. The first-order valence-electron chi connectivity index (χ1n) is 10.5. The lowest BCUT2D eigenvalue weighted by Gasteiger charge is -2.18. The largest absolute Gasteiger partial charge is 0.493 e. The average molecular weight is 416 g/mol. The summed E-state index contributed by atoms with van der Waals surface area (Å²) >= 11 is 0. The molecular formula is C28H20N2O2. The molecule has 0 atom stereocenters. The molecule has 0 saturated heterocycles. The number of methoxy groups -OCH3 is 2. The number of aromatic nitrogens is 2. The summed E-state index contributed by atoms with van der Waals surface area (Å²) in [5, 5.41) is 4.26. The second-order valence-corrected chi connectivity index (χ2v) is 7.79. The van der Waals surface area contributed by atoms with Crippen LogP contribution in [0.3, 0.4) is 0 Å². The van der Waals surface area contributed by atoms with Crippen molar-refractivity contribution in [1.82, 2.24) is 9.97 Å². The second kappa shape index (κ2) is 7.20. The van der Waals surface area contributed by atoms with Crippen molar-refractivity contribution in [2.24, 2.45) is 0 Å². The molecule has 0 aliphatic heterocycles. The van der Waals surface area contributed by atoms with Crippen molar-refractivity contribution in [3.05, 3.63) is 84.9 Å². The molecule has 4 heteroatoms. The first-order valence-corrected chi connectivity index (χ1v) is 10.5. The number of nitrogens with zero attached hydrogens (tertiary/aromatic N) is 2. The van der Waals surface area contributed by atoms with Crippen LogP contribution >= 0.6 is 0 Å². The normalized spacial score (nSPS) is 11.4. The van der Waals surface area contributed by atoms with Crippen molar-refractivity contribution in [3.8, 4) is 22.6 Å². The highest BCUT2D eigenvalue weighted by Crippen LogP contribution is 2.46. The number of pyridine rings is 2. The van der Waals surface area contributed by atoms with Crippen LogP contribution in [0.2, 0.25) is 0 Å². The van der Waals surface area contributed by atoms with Crippen molar-refractivity contribution >= 4 is 43.6 Å². The zero-order valence-electron chi connectivity index (χ0n) is 17.8. The van der Waals surface area contributed by atoms with E-state index < -0.39 is 0 Å². The van der Waals surface area contributed by atoms with E-state index in [1.807, 2.05) is 54.6 Å². The maximum Gasteiger partial charge on any atom is 0.169 e. The zero-order chi connectivity index (χ0) is 21.7. The quantitative estimate of drug-likeness (QED) is 0.299. The molecule has 0 radical (unpaired) electrons. The van der Waals surface area contributed by atoms with Gasteiger partial charge >= 0.3 is 0 Å². The van der Waals surface area contributed by atoms with Gasteiger partial charge in [0.05, 0.1) is 36.3 Å². The smallest absolute Gasteiger partial charge is 0.169 e. The molecule has 4 aromatic carbocycles. The fraction of sp³-hybridized carbons (Fsp3) is 0.0714. The van der Waals surface area contributed by atoms with Gasteiger partial charge in [-0.25, -0.2) is 9.97 Å². The van der Waals surface area contributed by atoms with Gasteiger partial charge in [0.1, 0.15) is 0 Å². The molecule has 2 aromatic heterocycles. The van der Waals surface area contributed by atoms with Crippen LogP contribution in [0.4, 0.5) is 0 Å². The van der Waals surface area contributed by atoms with Crippen molar-refractivity contribution < 1.29 is 9.47 Å². The molecular weight excluding hydrogens is 396 g/mol. The lowest BCUT2D eigenvalue weighted by atomic mass is 9.94. The van der Waals surface area contributed by atoms with Gasteiger partial charge < -0.3 is 9.47 Å². The Hall–Kier alpha value is -4.18. The minimum absolute atomic E-state index is 0.656. The fourth-order valence-electron chi connectivity index (χ4n) is 4.51. The monoisotopic (exact) mass is 416 g/mol. The maximum absolute atomic E-state index is 5.91. The molecule has 6 aromatic rings. The molecule has 0 N–H and O–H groups in total. The van der Waals surface area contributed by atoms with E-state index in [1.165, 1.54) is 0 Å². The summed E-state index contributed by atoms with van der Waals surface area (Å²) in [6.45, 7) is 0. The van der Waals surface area contributed by atoms with E-state index in [9.17, 15) is 0 Å². The third kappa shape index (κ3) is 2.77. The van der Waals surface area contributed by atoms with E-state index in [0.717, 1.165) is 54.7 Å². The van der Waals surface area contributed by atoms with Gasteiger partial charge in [-0.1, -0.05) is 48.5 Å². The molecule has 154 valence electrons. The Labute approximate surface area is 185 Å². The molecule has 2 heterocycles. The van der Waals surface area contributed by atoms with Gasteiger partial charge in [-0.3, -0.25) is 0 Å². The molecule has 0 spiro atoms. The number of para-hydroxylation sites is 2. The van der Waals surface area contributed by atoms with Crippen LogP contribution < -0.4 is 9.47 Å². The highest BCUT2D eigenvalue weighted by atomic mass is 16.5. The summed E-state index contributed by atoms with van der Waals surface area (Å²) < 4.78 is 11.6. The molecule has 0 unspecified atom stereocenters. The van der Waals surface area contributed by atoms with E-state index in [0.29, 0.717) is 11.5 Å². The average Bonchev–Trinajstić information content (AvgIpc) is 2.84. The van der Waals surface area contributed by atoms with Crippen LogP contribution in [0.1, 0.15) is 0 Å². The Morgan fingerprint density at radius 3 is 1.88 bits per heavy atom. The molecule has 0 saturated carbocycles. The van der Waals surface area contributed by atoms with Gasteiger partial charge in [-0.05, 0) is 35.9 Å². The van der Waals surface area contributed by atoms with Gasteiger partial charge in [0.2, 0.25) is 0 Å². The maximum atomic E-state index is 5.91. The highest BCUT2D eigenvalue weighted by Gasteiger charge is 2.20. The van der Waals surface area contributed by atoms with Crippen molar-refractivity contribution in [1.29, 1.82) is 0 Å². The predicted octanol–water partition coefficient (Wildman–Crippen LogP) is 6.77. The Kier molecular flexibility index (Phi) is 4.18. The summed E-state index contributed by atoms with van der Waals surface area (Å²) in [6, 6.07) is 28.9.